The van der Waals surface area contributed by atoms with E-state index in [1.807, 2.05) is 31.3 Å². The molecule has 0 heterocycles. The highest BCUT2D eigenvalue weighted by Crippen LogP contribution is 2.12. The van der Waals surface area contributed by atoms with Crippen molar-refractivity contribution in [1.82, 2.24) is 4.90 Å². The molecule has 0 amide bonds. The first-order valence-electron chi connectivity index (χ1n) is 5.97. The minimum absolute atomic E-state index is 0.204. The molecule has 1 aromatic rings. The van der Waals surface area contributed by atoms with Gasteiger partial charge in [-0.1, -0.05) is 12.1 Å². The molecule has 0 saturated carbocycles. The molecular formula is C13H22N2O2. The molecule has 0 saturated heterocycles. The van der Waals surface area contributed by atoms with Gasteiger partial charge in [-0.05, 0) is 31.2 Å². The van der Waals surface area contributed by atoms with Gasteiger partial charge in [0.2, 0.25) is 0 Å². The van der Waals surface area contributed by atoms with Crippen molar-refractivity contribution in [2.24, 2.45) is 5.73 Å². The molecule has 1 rings (SSSR count). The van der Waals surface area contributed by atoms with Gasteiger partial charge < -0.3 is 20.5 Å². The molecule has 4 heteroatoms. The molecule has 0 aromatic heterocycles. The lowest BCUT2D eigenvalue weighted by Crippen LogP contribution is -2.24. The van der Waals surface area contributed by atoms with Crippen LogP contribution in [0.15, 0.2) is 24.3 Å². The van der Waals surface area contributed by atoms with E-state index in [0.717, 1.165) is 24.3 Å². The van der Waals surface area contributed by atoms with Gasteiger partial charge in [-0.2, -0.15) is 0 Å². The van der Waals surface area contributed by atoms with Gasteiger partial charge in [0.05, 0.1) is 13.2 Å². The van der Waals surface area contributed by atoms with E-state index >= 15 is 0 Å². The minimum atomic E-state index is 0.204. The summed E-state index contributed by atoms with van der Waals surface area (Å²) in [5, 5.41) is 8.74. The van der Waals surface area contributed by atoms with Crippen LogP contribution in [0.25, 0.3) is 0 Å². The Hall–Kier alpha value is -1.10. The summed E-state index contributed by atoms with van der Waals surface area (Å²) >= 11 is 0. The highest BCUT2D eigenvalue weighted by molar-refractivity contribution is 5.28. The first kappa shape index (κ1) is 14.0. The van der Waals surface area contributed by atoms with Crippen LogP contribution < -0.4 is 10.5 Å². The molecule has 17 heavy (non-hydrogen) atoms. The van der Waals surface area contributed by atoms with Crippen LogP contribution in [0.2, 0.25) is 0 Å². The predicted octanol–water partition coefficient (Wildman–Crippen LogP) is 0.838. The Kier molecular flexibility index (Phi) is 6.62. The standard InChI is InChI=1S/C13H22N2O2/c1-15(7-8-16)6-3-9-17-13-5-2-4-12(10-13)11-14/h2,4-5,10,16H,3,6-9,11,14H2,1H3. The molecular weight excluding hydrogens is 216 g/mol. The van der Waals surface area contributed by atoms with Crippen LogP contribution in [-0.2, 0) is 6.54 Å². The van der Waals surface area contributed by atoms with E-state index in [9.17, 15) is 0 Å². The molecule has 0 aliphatic heterocycles. The fourth-order valence-corrected chi connectivity index (χ4v) is 1.57. The monoisotopic (exact) mass is 238 g/mol. The zero-order valence-corrected chi connectivity index (χ0v) is 10.4. The number of hydrogen-bond donors (Lipinski definition) is 2. The number of nitrogens with two attached hydrogens (primary N) is 1. The lowest BCUT2D eigenvalue weighted by Gasteiger charge is -2.15. The van der Waals surface area contributed by atoms with Crippen molar-refractivity contribution >= 4 is 0 Å². The molecule has 0 aliphatic carbocycles. The van der Waals surface area contributed by atoms with Crippen LogP contribution in [0.1, 0.15) is 12.0 Å². The maximum Gasteiger partial charge on any atom is 0.119 e. The van der Waals surface area contributed by atoms with Crippen LogP contribution >= 0.6 is 0 Å². The minimum Gasteiger partial charge on any atom is -0.494 e. The molecule has 0 unspecified atom stereocenters. The molecule has 0 radical (unpaired) electrons. The lowest BCUT2D eigenvalue weighted by molar-refractivity contribution is 0.207. The molecule has 0 aliphatic rings. The lowest BCUT2D eigenvalue weighted by atomic mass is 10.2. The summed E-state index contributed by atoms with van der Waals surface area (Å²) < 4.78 is 5.63. The van der Waals surface area contributed by atoms with Gasteiger partial charge in [-0.15, -0.1) is 0 Å². The van der Waals surface area contributed by atoms with Crippen molar-refractivity contribution < 1.29 is 9.84 Å². The Morgan fingerprint density at radius 3 is 2.88 bits per heavy atom. The summed E-state index contributed by atoms with van der Waals surface area (Å²) in [5.41, 5.74) is 6.64. The predicted molar refractivity (Wildman–Crippen MR) is 69.0 cm³/mol. The van der Waals surface area contributed by atoms with Crippen molar-refractivity contribution in [3.63, 3.8) is 0 Å². The number of likely N-dealkylation sites (N-methyl/N-ethyl adjacent to an activating group) is 1. The summed E-state index contributed by atoms with van der Waals surface area (Å²) in [5.74, 6) is 0.873. The second kappa shape index (κ2) is 8.06. The van der Waals surface area contributed by atoms with Crippen molar-refractivity contribution in [2.75, 3.05) is 33.4 Å². The van der Waals surface area contributed by atoms with Crippen molar-refractivity contribution in [3.8, 4) is 5.75 Å². The molecule has 0 atom stereocenters. The Morgan fingerprint density at radius 1 is 1.35 bits per heavy atom. The van der Waals surface area contributed by atoms with E-state index in [-0.39, 0.29) is 6.61 Å². The molecule has 0 bridgehead atoms. The zero-order valence-electron chi connectivity index (χ0n) is 10.4. The van der Waals surface area contributed by atoms with Crippen LogP contribution in [0.5, 0.6) is 5.75 Å². The van der Waals surface area contributed by atoms with E-state index in [1.54, 1.807) is 0 Å². The fraction of sp³-hybridized carbons (Fsp3) is 0.538. The SMILES string of the molecule is CN(CCO)CCCOc1cccc(CN)c1. The third-order valence-electron chi connectivity index (χ3n) is 2.57. The Labute approximate surface area is 103 Å². The van der Waals surface area contributed by atoms with Crippen molar-refractivity contribution in [1.29, 1.82) is 0 Å². The highest BCUT2D eigenvalue weighted by Gasteiger charge is 1.98. The molecule has 4 nitrogen and oxygen atoms in total. The molecule has 0 fully saturated rings. The normalized spacial score (nSPS) is 10.8. The fourth-order valence-electron chi connectivity index (χ4n) is 1.57. The summed E-state index contributed by atoms with van der Waals surface area (Å²) in [6.07, 6.45) is 0.948. The van der Waals surface area contributed by atoms with E-state index in [0.29, 0.717) is 19.7 Å². The van der Waals surface area contributed by atoms with Crippen LogP contribution in [0.4, 0.5) is 0 Å². The molecule has 3 N–H and O–H groups in total. The van der Waals surface area contributed by atoms with Crippen LogP contribution in [-0.4, -0.2) is 43.4 Å². The number of nitrogens with zero attached hydrogens (tertiary/aromatic N) is 1. The summed E-state index contributed by atoms with van der Waals surface area (Å²) in [7, 11) is 1.99. The van der Waals surface area contributed by atoms with E-state index < -0.39 is 0 Å². The summed E-state index contributed by atoms with van der Waals surface area (Å²) in [6, 6.07) is 7.85. The maximum atomic E-state index is 8.74. The molecule has 96 valence electrons. The topological polar surface area (TPSA) is 58.7 Å². The van der Waals surface area contributed by atoms with Gasteiger partial charge >= 0.3 is 0 Å². The second-order valence-electron chi connectivity index (χ2n) is 4.08. The second-order valence-corrected chi connectivity index (χ2v) is 4.08. The molecule has 0 spiro atoms. The highest BCUT2D eigenvalue weighted by atomic mass is 16.5. The van der Waals surface area contributed by atoms with Crippen LogP contribution in [0.3, 0.4) is 0 Å². The molecule has 1 aromatic carbocycles. The Morgan fingerprint density at radius 2 is 2.18 bits per heavy atom. The van der Waals surface area contributed by atoms with Crippen molar-refractivity contribution in [2.45, 2.75) is 13.0 Å². The smallest absolute Gasteiger partial charge is 0.119 e. The third kappa shape index (κ3) is 5.68. The third-order valence-corrected chi connectivity index (χ3v) is 2.57. The number of rotatable bonds is 8. The number of aliphatic hydroxyl groups is 1. The van der Waals surface area contributed by atoms with Gasteiger partial charge in [0.1, 0.15) is 5.75 Å². The first-order valence-corrected chi connectivity index (χ1v) is 5.97. The quantitative estimate of drug-likeness (QED) is 0.659. The first-order chi connectivity index (χ1) is 8.26. The maximum absolute atomic E-state index is 8.74. The number of aliphatic hydroxyl groups excluding tert-OH is 1. The van der Waals surface area contributed by atoms with Crippen molar-refractivity contribution in [3.05, 3.63) is 29.8 Å². The Balaban J connectivity index is 2.21. The number of ether oxygens (including phenoxy) is 1. The average molecular weight is 238 g/mol. The summed E-state index contributed by atoms with van der Waals surface area (Å²) in [6.45, 7) is 3.07. The number of hydrogen-bond acceptors (Lipinski definition) is 4. The van der Waals surface area contributed by atoms with E-state index in [2.05, 4.69) is 4.90 Å². The van der Waals surface area contributed by atoms with Gasteiger partial charge in [0.15, 0.2) is 0 Å². The Bertz CT molecular complexity index is 318. The number of benzene rings is 1. The summed E-state index contributed by atoms with van der Waals surface area (Å²) in [4.78, 5) is 2.08. The van der Waals surface area contributed by atoms with Gasteiger partial charge in [-0.3, -0.25) is 0 Å². The van der Waals surface area contributed by atoms with E-state index in [1.165, 1.54) is 0 Å². The average Bonchev–Trinajstić information content (AvgIpc) is 2.35. The van der Waals surface area contributed by atoms with Gasteiger partial charge in [-0.25, -0.2) is 0 Å². The van der Waals surface area contributed by atoms with Crippen LogP contribution in [0, 0.1) is 0 Å². The van der Waals surface area contributed by atoms with Gasteiger partial charge in [0.25, 0.3) is 0 Å². The largest absolute Gasteiger partial charge is 0.494 e. The van der Waals surface area contributed by atoms with E-state index in [4.69, 9.17) is 15.6 Å². The zero-order chi connectivity index (χ0) is 12.5. The van der Waals surface area contributed by atoms with Gasteiger partial charge in [0, 0.05) is 19.6 Å².